The zero-order chi connectivity index (χ0) is 15.5. The Kier molecular flexibility index (Phi) is 4.67. The van der Waals surface area contributed by atoms with Gasteiger partial charge in [0.2, 0.25) is 5.91 Å². The van der Waals surface area contributed by atoms with Gasteiger partial charge in [0.1, 0.15) is 6.04 Å². The summed E-state index contributed by atoms with van der Waals surface area (Å²) < 4.78 is 0. The Morgan fingerprint density at radius 1 is 1.18 bits per heavy atom. The fourth-order valence-corrected chi connectivity index (χ4v) is 3.50. The number of carbonyl (C=O) groups excluding carboxylic acids is 1. The molecule has 0 spiro atoms. The first-order valence-corrected chi connectivity index (χ1v) is 8.54. The van der Waals surface area contributed by atoms with Crippen molar-refractivity contribution in [1.29, 1.82) is 0 Å². The van der Waals surface area contributed by atoms with E-state index in [9.17, 15) is 4.79 Å². The molecule has 0 saturated carbocycles. The molecule has 1 unspecified atom stereocenters. The van der Waals surface area contributed by atoms with E-state index in [0.29, 0.717) is 5.92 Å². The molecule has 0 aliphatic carbocycles. The molecule has 1 N–H and O–H groups in total. The van der Waals surface area contributed by atoms with E-state index in [-0.39, 0.29) is 11.9 Å². The summed E-state index contributed by atoms with van der Waals surface area (Å²) in [6.07, 6.45) is 3.47. The molecule has 0 aromatic heterocycles. The van der Waals surface area contributed by atoms with Crippen LogP contribution in [0, 0.1) is 5.92 Å². The number of nitrogens with zero attached hydrogens (tertiary/aromatic N) is 2. The number of anilines is 2. The predicted molar refractivity (Wildman–Crippen MR) is 91.3 cm³/mol. The second-order valence-corrected chi connectivity index (χ2v) is 6.88. The lowest BCUT2D eigenvalue weighted by Crippen LogP contribution is -2.49. The molecule has 1 aromatic rings. The molecule has 3 rings (SSSR count). The maximum atomic E-state index is 12.9. The number of amides is 1. The first-order valence-electron chi connectivity index (χ1n) is 8.54. The summed E-state index contributed by atoms with van der Waals surface area (Å²) in [5.41, 5.74) is 2.13. The van der Waals surface area contributed by atoms with Crippen LogP contribution >= 0.6 is 0 Å². The normalized spacial score (nSPS) is 22.0. The van der Waals surface area contributed by atoms with Gasteiger partial charge in [-0.25, -0.2) is 0 Å². The first-order chi connectivity index (χ1) is 10.6. The smallest absolute Gasteiger partial charge is 0.249 e. The van der Waals surface area contributed by atoms with Crippen LogP contribution in [0.25, 0.3) is 0 Å². The van der Waals surface area contributed by atoms with Crippen molar-refractivity contribution in [2.75, 3.05) is 36.4 Å². The average molecular weight is 301 g/mol. The molecule has 1 atom stereocenters. The topological polar surface area (TPSA) is 35.6 Å². The molecule has 22 heavy (non-hydrogen) atoms. The number of hydrogen-bond acceptors (Lipinski definition) is 3. The number of rotatable bonds is 5. The van der Waals surface area contributed by atoms with E-state index >= 15 is 0 Å². The van der Waals surface area contributed by atoms with Crippen LogP contribution in [-0.4, -0.2) is 43.0 Å². The van der Waals surface area contributed by atoms with E-state index in [2.05, 4.69) is 36.2 Å². The van der Waals surface area contributed by atoms with Crippen molar-refractivity contribution in [3.8, 4) is 0 Å². The van der Waals surface area contributed by atoms with E-state index in [1.54, 1.807) is 0 Å². The molecule has 2 heterocycles. The Hall–Kier alpha value is -1.55. The quantitative estimate of drug-likeness (QED) is 0.908. The van der Waals surface area contributed by atoms with Crippen molar-refractivity contribution < 1.29 is 4.79 Å². The second-order valence-electron chi connectivity index (χ2n) is 6.88. The SMILES string of the molecule is CC(C)CC1Nc2ccccc2N(CCN2CCCC2)C1=O. The molecular formula is C18H27N3O. The number of para-hydroxylation sites is 2. The fourth-order valence-electron chi connectivity index (χ4n) is 3.50. The molecule has 4 nitrogen and oxygen atoms in total. The molecule has 1 saturated heterocycles. The Bertz CT molecular complexity index is 523. The van der Waals surface area contributed by atoms with Crippen molar-refractivity contribution in [3.05, 3.63) is 24.3 Å². The standard InChI is InChI=1S/C18H27N3O/c1-14(2)13-16-18(22)21(12-11-20-9-5-6-10-20)17-8-4-3-7-15(17)19-16/h3-4,7-8,14,16,19H,5-6,9-13H2,1-2H3. The van der Waals surface area contributed by atoms with Crippen LogP contribution in [0.1, 0.15) is 33.1 Å². The molecular weight excluding hydrogens is 274 g/mol. The maximum absolute atomic E-state index is 12.9. The summed E-state index contributed by atoms with van der Waals surface area (Å²) in [5.74, 6) is 0.735. The Morgan fingerprint density at radius 2 is 1.91 bits per heavy atom. The zero-order valence-corrected chi connectivity index (χ0v) is 13.7. The van der Waals surface area contributed by atoms with Gasteiger partial charge in [0.05, 0.1) is 11.4 Å². The van der Waals surface area contributed by atoms with Crippen LogP contribution in [0.2, 0.25) is 0 Å². The van der Waals surface area contributed by atoms with Crippen molar-refractivity contribution in [2.45, 2.75) is 39.2 Å². The van der Waals surface area contributed by atoms with Gasteiger partial charge in [-0.05, 0) is 50.4 Å². The number of nitrogens with one attached hydrogen (secondary N) is 1. The first kappa shape index (κ1) is 15.3. The number of benzene rings is 1. The van der Waals surface area contributed by atoms with Gasteiger partial charge in [0.15, 0.2) is 0 Å². The van der Waals surface area contributed by atoms with E-state index in [0.717, 1.165) is 30.9 Å². The number of carbonyl (C=O) groups is 1. The summed E-state index contributed by atoms with van der Waals surface area (Å²) in [4.78, 5) is 17.3. The minimum Gasteiger partial charge on any atom is -0.372 e. The van der Waals surface area contributed by atoms with Gasteiger partial charge in [-0.1, -0.05) is 26.0 Å². The molecule has 0 radical (unpaired) electrons. The molecule has 2 aliphatic heterocycles. The molecule has 1 amide bonds. The van der Waals surface area contributed by atoms with Crippen LogP contribution in [-0.2, 0) is 4.79 Å². The lowest BCUT2D eigenvalue weighted by atomic mass is 9.99. The van der Waals surface area contributed by atoms with E-state index in [1.165, 1.54) is 25.9 Å². The number of hydrogen-bond donors (Lipinski definition) is 1. The number of likely N-dealkylation sites (tertiary alicyclic amines) is 1. The third-order valence-electron chi connectivity index (χ3n) is 4.63. The summed E-state index contributed by atoms with van der Waals surface area (Å²) in [7, 11) is 0. The third-order valence-corrected chi connectivity index (χ3v) is 4.63. The van der Waals surface area contributed by atoms with Crippen molar-refractivity contribution in [1.82, 2.24) is 4.90 Å². The fraction of sp³-hybridized carbons (Fsp3) is 0.611. The van der Waals surface area contributed by atoms with E-state index in [1.807, 2.05) is 17.0 Å². The van der Waals surface area contributed by atoms with Gasteiger partial charge >= 0.3 is 0 Å². The highest BCUT2D eigenvalue weighted by Crippen LogP contribution is 2.32. The van der Waals surface area contributed by atoms with Crippen molar-refractivity contribution in [3.63, 3.8) is 0 Å². The molecule has 4 heteroatoms. The van der Waals surface area contributed by atoms with Gasteiger partial charge < -0.3 is 15.1 Å². The Labute approximate surface area is 133 Å². The second kappa shape index (κ2) is 6.69. The maximum Gasteiger partial charge on any atom is 0.249 e. The third kappa shape index (κ3) is 3.27. The van der Waals surface area contributed by atoms with Crippen LogP contribution in [0.4, 0.5) is 11.4 Å². The Morgan fingerprint density at radius 3 is 2.64 bits per heavy atom. The van der Waals surface area contributed by atoms with Crippen molar-refractivity contribution in [2.24, 2.45) is 5.92 Å². The highest BCUT2D eigenvalue weighted by atomic mass is 16.2. The van der Waals surface area contributed by atoms with Crippen LogP contribution in [0.3, 0.4) is 0 Å². The predicted octanol–water partition coefficient (Wildman–Crippen LogP) is 2.96. The highest BCUT2D eigenvalue weighted by Gasteiger charge is 2.32. The summed E-state index contributed by atoms with van der Waals surface area (Å²) in [6, 6.07) is 8.09. The van der Waals surface area contributed by atoms with Crippen molar-refractivity contribution >= 4 is 17.3 Å². The van der Waals surface area contributed by atoms with Gasteiger partial charge in [0, 0.05) is 13.1 Å². The highest BCUT2D eigenvalue weighted by molar-refractivity contribution is 6.04. The molecule has 2 aliphatic rings. The minimum atomic E-state index is -0.0894. The lowest BCUT2D eigenvalue weighted by Gasteiger charge is -2.36. The van der Waals surface area contributed by atoms with E-state index in [4.69, 9.17) is 0 Å². The van der Waals surface area contributed by atoms with Crippen LogP contribution in [0.5, 0.6) is 0 Å². The lowest BCUT2D eigenvalue weighted by molar-refractivity contribution is -0.119. The molecule has 1 aromatic carbocycles. The van der Waals surface area contributed by atoms with Gasteiger partial charge in [-0.2, -0.15) is 0 Å². The number of fused-ring (bicyclic) bond motifs is 1. The summed E-state index contributed by atoms with van der Waals surface area (Å²) in [6.45, 7) is 8.48. The zero-order valence-electron chi connectivity index (χ0n) is 13.7. The van der Waals surface area contributed by atoms with Gasteiger partial charge in [-0.3, -0.25) is 4.79 Å². The van der Waals surface area contributed by atoms with Crippen LogP contribution < -0.4 is 10.2 Å². The summed E-state index contributed by atoms with van der Waals surface area (Å²) in [5, 5.41) is 3.43. The largest absolute Gasteiger partial charge is 0.372 e. The Balaban J connectivity index is 1.76. The van der Waals surface area contributed by atoms with Gasteiger partial charge in [0.25, 0.3) is 0 Å². The summed E-state index contributed by atoms with van der Waals surface area (Å²) >= 11 is 0. The van der Waals surface area contributed by atoms with E-state index < -0.39 is 0 Å². The molecule has 1 fully saturated rings. The molecule has 0 bridgehead atoms. The monoisotopic (exact) mass is 301 g/mol. The molecule has 120 valence electrons. The van der Waals surface area contributed by atoms with Gasteiger partial charge in [-0.15, -0.1) is 0 Å². The van der Waals surface area contributed by atoms with Crippen LogP contribution in [0.15, 0.2) is 24.3 Å². The minimum absolute atomic E-state index is 0.0894. The average Bonchev–Trinajstić information content (AvgIpc) is 3.00.